The van der Waals surface area contributed by atoms with Crippen molar-refractivity contribution in [3.05, 3.63) is 0 Å². The fourth-order valence-corrected chi connectivity index (χ4v) is 2.99. The van der Waals surface area contributed by atoms with Gasteiger partial charge in [0, 0.05) is 20.0 Å². The molecule has 0 aromatic heterocycles. The normalized spacial score (nSPS) is 18.5. The van der Waals surface area contributed by atoms with Crippen molar-refractivity contribution >= 4 is 17.7 Å². The fourth-order valence-electron chi connectivity index (χ4n) is 2.99. The molecule has 0 unspecified atom stereocenters. The van der Waals surface area contributed by atoms with Crippen molar-refractivity contribution in [3.63, 3.8) is 0 Å². The lowest BCUT2D eigenvalue weighted by Crippen LogP contribution is -2.53. The lowest BCUT2D eigenvalue weighted by molar-refractivity contribution is -0.138. The second-order valence-electron chi connectivity index (χ2n) is 6.85. The Kier molecular flexibility index (Phi) is 8.74. The first-order valence-electron chi connectivity index (χ1n) is 8.92. The number of amides is 3. The number of rotatable bonds is 9. The summed E-state index contributed by atoms with van der Waals surface area (Å²) in [6, 6.07) is -1.02. The predicted molar refractivity (Wildman–Crippen MR) is 93.1 cm³/mol. The van der Waals surface area contributed by atoms with Crippen LogP contribution in [0, 0.1) is 5.92 Å². The molecule has 1 rings (SSSR count). The van der Waals surface area contributed by atoms with E-state index in [0.29, 0.717) is 32.5 Å². The highest BCUT2D eigenvalue weighted by Crippen LogP contribution is 2.18. The van der Waals surface area contributed by atoms with Gasteiger partial charge in [-0.1, -0.05) is 13.8 Å². The van der Waals surface area contributed by atoms with Crippen LogP contribution in [-0.2, 0) is 14.4 Å². The molecule has 0 aliphatic carbocycles. The Morgan fingerprint density at radius 1 is 1.25 bits per heavy atom. The monoisotopic (exact) mass is 340 g/mol. The highest BCUT2D eigenvalue weighted by Gasteiger charge is 2.34. The van der Waals surface area contributed by atoms with Crippen LogP contribution in [0.3, 0.4) is 0 Å². The van der Waals surface area contributed by atoms with Gasteiger partial charge in [0.2, 0.25) is 17.7 Å². The summed E-state index contributed by atoms with van der Waals surface area (Å²) in [5.41, 5.74) is 5.44. The summed E-state index contributed by atoms with van der Waals surface area (Å²) in [6.45, 7) is 7.26. The number of carbonyl (C=O) groups excluding carboxylic acids is 3. The molecule has 1 fully saturated rings. The molecule has 0 spiro atoms. The average Bonchev–Trinajstić information content (AvgIpc) is 3.00. The Morgan fingerprint density at radius 3 is 2.54 bits per heavy atom. The lowest BCUT2D eigenvalue weighted by atomic mass is 10.0. The summed E-state index contributed by atoms with van der Waals surface area (Å²) in [6.07, 6.45) is 3.72. The Bertz CT molecular complexity index is 440. The van der Waals surface area contributed by atoms with Gasteiger partial charge in [-0.05, 0) is 44.6 Å². The van der Waals surface area contributed by atoms with Crippen LogP contribution in [0.15, 0.2) is 0 Å². The van der Waals surface area contributed by atoms with Crippen LogP contribution in [-0.4, -0.2) is 54.3 Å². The zero-order valence-corrected chi connectivity index (χ0v) is 15.1. The Morgan fingerprint density at radius 2 is 1.96 bits per heavy atom. The van der Waals surface area contributed by atoms with Crippen LogP contribution in [0.2, 0.25) is 0 Å². The molecule has 7 heteroatoms. The Hall–Kier alpha value is -1.63. The van der Waals surface area contributed by atoms with E-state index in [-0.39, 0.29) is 23.6 Å². The van der Waals surface area contributed by atoms with Crippen LogP contribution in [0.4, 0.5) is 0 Å². The van der Waals surface area contributed by atoms with Crippen LogP contribution in [0.5, 0.6) is 0 Å². The number of nitrogens with two attached hydrogens (primary N) is 1. The minimum Gasteiger partial charge on any atom is -0.354 e. The largest absolute Gasteiger partial charge is 0.354 e. The lowest BCUT2D eigenvalue weighted by Gasteiger charge is -2.26. The van der Waals surface area contributed by atoms with Crippen molar-refractivity contribution in [3.8, 4) is 0 Å². The highest BCUT2D eigenvalue weighted by atomic mass is 16.2. The van der Waals surface area contributed by atoms with Crippen molar-refractivity contribution in [2.75, 3.05) is 19.6 Å². The minimum absolute atomic E-state index is 0.0979. The molecule has 2 atom stereocenters. The van der Waals surface area contributed by atoms with Crippen molar-refractivity contribution < 1.29 is 14.4 Å². The number of hydrogen-bond donors (Lipinski definition) is 3. The summed E-state index contributed by atoms with van der Waals surface area (Å²) >= 11 is 0. The van der Waals surface area contributed by atoms with Gasteiger partial charge in [-0.2, -0.15) is 0 Å². The van der Waals surface area contributed by atoms with Gasteiger partial charge in [0.1, 0.15) is 12.1 Å². The summed E-state index contributed by atoms with van der Waals surface area (Å²) < 4.78 is 0. The molecule has 24 heavy (non-hydrogen) atoms. The summed E-state index contributed by atoms with van der Waals surface area (Å²) in [5, 5.41) is 5.71. The third-order valence-electron chi connectivity index (χ3n) is 4.23. The van der Waals surface area contributed by atoms with E-state index in [1.807, 2.05) is 13.8 Å². The summed E-state index contributed by atoms with van der Waals surface area (Å²) in [7, 11) is 0. The van der Waals surface area contributed by atoms with Crippen LogP contribution < -0.4 is 16.4 Å². The number of carbonyl (C=O) groups is 3. The molecule has 1 saturated heterocycles. The fraction of sp³-hybridized carbons (Fsp3) is 0.824. The van der Waals surface area contributed by atoms with E-state index in [0.717, 1.165) is 19.3 Å². The van der Waals surface area contributed by atoms with Crippen molar-refractivity contribution in [1.82, 2.24) is 15.5 Å². The predicted octanol–water partition coefficient (Wildman–Crippen LogP) is 0.383. The molecule has 7 nitrogen and oxygen atoms in total. The van der Waals surface area contributed by atoms with Crippen molar-refractivity contribution in [2.24, 2.45) is 11.7 Å². The molecule has 3 amide bonds. The molecule has 0 aromatic rings. The van der Waals surface area contributed by atoms with E-state index >= 15 is 0 Å². The van der Waals surface area contributed by atoms with Gasteiger partial charge in [0.25, 0.3) is 0 Å². The SMILES string of the molecule is CC(=O)N1CCC[C@H]1C(=O)N[C@@H](CC(C)C)C(=O)NCCCCN. The van der Waals surface area contributed by atoms with Crippen LogP contribution in [0.1, 0.15) is 52.9 Å². The summed E-state index contributed by atoms with van der Waals surface area (Å²) in [5.74, 6) is -0.219. The second kappa shape index (κ2) is 10.3. The number of nitrogens with zero attached hydrogens (tertiary/aromatic N) is 1. The Labute approximate surface area is 144 Å². The van der Waals surface area contributed by atoms with Crippen LogP contribution >= 0.6 is 0 Å². The van der Waals surface area contributed by atoms with Gasteiger partial charge in [-0.15, -0.1) is 0 Å². The molecule has 0 saturated carbocycles. The second-order valence-corrected chi connectivity index (χ2v) is 6.85. The van der Waals surface area contributed by atoms with E-state index in [1.165, 1.54) is 6.92 Å². The third-order valence-corrected chi connectivity index (χ3v) is 4.23. The molecule has 0 radical (unpaired) electrons. The van der Waals surface area contributed by atoms with Gasteiger partial charge in [0.15, 0.2) is 0 Å². The van der Waals surface area contributed by atoms with Gasteiger partial charge in [-0.3, -0.25) is 14.4 Å². The number of likely N-dealkylation sites (tertiary alicyclic amines) is 1. The van der Waals surface area contributed by atoms with Gasteiger partial charge in [-0.25, -0.2) is 0 Å². The molecule has 138 valence electrons. The van der Waals surface area contributed by atoms with E-state index in [9.17, 15) is 14.4 Å². The van der Waals surface area contributed by atoms with E-state index in [1.54, 1.807) is 4.90 Å². The molecule has 1 aliphatic rings. The molecule has 1 heterocycles. The first-order chi connectivity index (χ1) is 11.4. The molecule has 0 bridgehead atoms. The number of nitrogens with one attached hydrogen (secondary N) is 2. The van der Waals surface area contributed by atoms with Gasteiger partial charge in [0.05, 0.1) is 0 Å². The van der Waals surface area contributed by atoms with E-state index in [4.69, 9.17) is 5.73 Å². The molecule has 4 N–H and O–H groups in total. The van der Waals surface area contributed by atoms with Crippen molar-refractivity contribution in [1.29, 1.82) is 0 Å². The standard InChI is InChI=1S/C17H32N4O3/c1-12(2)11-14(16(23)19-9-5-4-8-18)20-17(24)15-7-6-10-21(15)13(3)22/h12,14-15H,4-11,18H2,1-3H3,(H,19,23)(H,20,24)/t14-,15-/m0/s1. The molecular weight excluding hydrogens is 308 g/mol. The summed E-state index contributed by atoms with van der Waals surface area (Å²) in [4.78, 5) is 38.1. The first-order valence-corrected chi connectivity index (χ1v) is 8.92. The zero-order chi connectivity index (χ0) is 18.1. The quantitative estimate of drug-likeness (QED) is 0.528. The maximum Gasteiger partial charge on any atom is 0.243 e. The maximum atomic E-state index is 12.5. The van der Waals surface area contributed by atoms with Crippen molar-refractivity contribution in [2.45, 2.75) is 65.0 Å². The molecule has 0 aromatic carbocycles. The molecular formula is C17H32N4O3. The number of unbranched alkanes of at least 4 members (excludes halogenated alkanes) is 1. The van der Waals surface area contributed by atoms with Gasteiger partial charge < -0.3 is 21.3 Å². The highest BCUT2D eigenvalue weighted by molar-refractivity contribution is 5.92. The van der Waals surface area contributed by atoms with Crippen LogP contribution in [0.25, 0.3) is 0 Å². The average molecular weight is 340 g/mol. The zero-order valence-electron chi connectivity index (χ0n) is 15.1. The van der Waals surface area contributed by atoms with E-state index in [2.05, 4.69) is 10.6 Å². The van der Waals surface area contributed by atoms with E-state index < -0.39 is 12.1 Å². The maximum absolute atomic E-state index is 12.5. The minimum atomic E-state index is -0.565. The molecule has 1 aliphatic heterocycles. The first kappa shape index (κ1) is 20.4. The van der Waals surface area contributed by atoms with Gasteiger partial charge >= 0.3 is 0 Å². The smallest absolute Gasteiger partial charge is 0.243 e. The number of hydrogen-bond acceptors (Lipinski definition) is 4. The third kappa shape index (κ3) is 6.47. The topological polar surface area (TPSA) is 105 Å². The Balaban J connectivity index is 2.62.